The molecule has 0 aliphatic heterocycles. The maximum Gasteiger partial charge on any atom is 0.171 e. The summed E-state index contributed by atoms with van der Waals surface area (Å²) < 4.78 is 5.23. The monoisotopic (exact) mass is 342 g/mol. The minimum atomic E-state index is -0.540. The van der Waals surface area contributed by atoms with Crippen LogP contribution in [-0.2, 0) is 11.2 Å². The van der Waals surface area contributed by atoms with Crippen molar-refractivity contribution in [2.45, 2.75) is 46.0 Å². The summed E-state index contributed by atoms with van der Waals surface area (Å²) in [7, 11) is 1.52. The van der Waals surface area contributed by atoms with E-state index in [0.29, 0.717) is 30.6 Å². The van der Waals surface area contributed by atoms with E-state index in [2.05, 4.69) is 0 Å². The van der Waals surface area contributed by atoms with E-state index in [1.54, 1.807) is 13.0 Å². The van der Waals surface area contributed by atoms with Gasteiger partial charge in [0, 0.05) is 17.4 Å². The molecule has 0 aromatic heterocycles. The minimum Gasteiger partial charge on any atom is -0.495 e. The summed E-state index contributed by atoms with van der Waals surface area (Å²) in [5, 5.41) is 0.539. The van der Waals surface area contributed by atoms with E-state index >= 15 is 0 Å². The molecule has 0 fully saturated rings. The number of halogens is 2. The van der Waals surface area contributed by atoms with Crippen LogP contribution in [0.15, 0.2) is 6.07 Å². The Balaban J connectivity index is 2.48. The number of carbonyl (C=O) groups is 2. The second-order valence-electron chi connectivity index (χ2n) is 5.98. The molecular weight excluding hydrogens is 323 g/mol. The standard InChI is InChI=1S/C17H20Cl2O3/c1-4-6-17(7-5-10(2)20)9-11-8-12(22-3)14(18)15(19)13(11)16(17)21/h8H,4-7,9H2,1-3H3. The first kappa shape index (κ1) is 17.3. The van der Waals surface area contributed by atoms with Gasteiger partial charge < -0.3 is 9.53 Å². The largest absolute Gasteiger partial charge is 0.495 e. The van der Waals surface area contributed by atoms with Crippen LogP contribution in [0.25, 0.3) is 0 Å². The van der Waals surface area contributed by atoms with Gasteiger partial charge in [-0.3, -0.25) is 4.79 Å². The van der Waals surface area contributed by atoms with Crippen molar-refractivity contribution in [3.05, 3.63) is 27.2 Å². The molecule has 0 radical (unpaired) electrons. The highest BCUT2D eigenvalue weighted by atomic mass is 35.5. The fourth-order valence-corrected chi connectivity index (χ4v) is 3.85. The molecule has 22 heavy (non-hydrogen) atoms. The van der Waals surface area contributed by atoms with E-state index in [4.69, 9.17) is 27.9 Å². The molecule has 0 N–H and O–H groups in total. The van der Waals surface area contributed by atoms with Crippen LogP contribution < -0.4 is 4.74 Å². The predicted octanol–water partition coefficient (Wildman–Crippen LogP) is 4.90. The molecule has 5 heteroatoms. The van der Waals surface area contributed by atoms with Gasteiger partial charge in [0.2, 0.25) is 0 Å². The van der Waals surface area contributed by atoms with Crippen LogP contribution in [0.3, 0.4) is 0 Å². The molecule has 0 saturated heterocycles. The molecule has 0 spiro atoms. The number of fused-ring (bicyclic) bond motifs is 1. The molecule has 1 aromatic carbocycles. The molecule has 1 atom stereocenters. The first-order valence-corrected chi connectivity index (χ1v) is 8.21. The summed E-state index contributed by atoms with van der Waals surface area (Å²) in [6.07, 6.45) is 3.17. The molecule has 1 unspecified atom stereocenters. The fraction of sp³-hybridized carbons (Fsp3) is 0.529. The normalized spacial score (nSPS) is 20.1. The van der Waals surface area contributed by atoms with Crippen molar-refractivity contribution in [1.29, 1.82) is 0 Å². The van der Waals surface area contributed by atoms with Crippen molar-refractivity contribution in [1.82, 2.24) is 0 Å². The quantitative estimate of drug-likeness (QED) is 0.738. The third kappa shape index (κ3) is 2.89. The molecule has 0 amide bonds. The van der Waals surface area contributed by atoms with Gasteiger partial charge in [-0.25, -0.2) is 0 Å². The molecule has 0 heterocycles. The fourth-order valence-electron chi connectivity index (χ4n) is 3.32. The first-order chi connectivity index (χ1) is 10.4. The van der Waals surface area contributed by atoms with Gasteiger partial charge in [-0.1, -0.05) is 36.5 Å². The Hall–Kier alpha value is -1.06. The zero-order valence-corrected chi connectivity index (χ0v) is 14.6. The SMILES string of the molecule is CCCC1(CCC(C)=O)Cc2cc(OC)c(Cl)c(Cl)c2C1=O. The number of rotatable bonds is 6. The summed E-state index contributed by atoms with van der Waals surface area (Å²) >= 11 is 12.5. The van der Waals surface area contributed by atoms with Crippen molar-refractivity contribution in [2.24, 2.45) is 5.41 Å². The second kappa shape index (κ2) is 6.59. The topological polar surface area (TPSA) is 43.4 Å². The van der Waals surface area contributed by atoms with Gasteiger partial charge in [-0.05, 0) is 37.8 Å². The van der Waals surface area contributed by atoms with Crippen LogP contribution >= 0.6 is 23.2 Å². The Kier molecular flexibility index (Phi) is 5.18. The minimum absolute atomic E-state index is 0.0140. The van der Waals surface area contributed by atoms with Gasteiger partial charge in [-0.2, -0.15) is 0 Å². The van der Waals surface area contributed by atoms with Gasteiger partial charge in [0.1, 0.15) is 16.6 Å². The van der Waals surface area contributed by atoms with E-state index in [-0.39, 0.29) is 21.6 Å². The van der Waals surface area contributed by atoms with Crippen molar-refractivity contribution in [3.63, 3.8) is 0 Å². The van der Waals surface area contributed by atoms with Crippen molar-refractivity contribution >= 4 is 34.8 Å². The Morgan fingerprint density at radius 3 is 2.55 bits per heavy atom. The van der Waals surface area contributed by atoms with Gasteiger partial charge in [0.15, 0.2) is 5.78 Å². The Morgan fingerprint density at radius 2 is 2.00 bits per heavy atom. The van der Waals surface area contributed by atoms with Gasteiger partial charge in [-0.15, -0.1) is 0 Å². The highest BCUT2D eigenvalue weighted by Crippen LogP contribution is 2.49. The maximum atomic E-state index is 13.0. The second-order valence-corrected chi connectivity index (χ2v) is 6.74. The summed E-state index contributed by atoms with van der Waals surface area (Å²) in [6.45, 7) is 3.60. The Labute approximate surface area is 140 Å². The molecular formula is C17H20Cl2O3. The molecule has 120 valence electrons. The van der Waals surface area contributed by atoms with Crippen LogP contribution in [0.5, 0.6) is 5.75 Å². The number of ether oxygens (including phenoxy) is 1. The first-order valence-electron chi connectivity index (χ1n) is 7.45. The number of ketones is 2. The van der Waals surface area contributed by atoms with E-state index < -0.39 is 5.41 Å². The van der Waals surface area contributed by atoms with E-state index in [9.17, 15) is 9.59 Å². The average molecular weight is 343 g/mol. The third-order valence-corrected chi connectivity index (χ3v) is 5.25. The summed E-state index contributed by atoms with van der Waals surface area (Å²) in [5.74, 6) is 0.596. The molecule has 0 saturated carbocycles. The molecule has 3 nitrogen and oxygen atoms in total. The average Bonchev–Trinajstić information content (AvgIpc) is 2.74. The van der Waals surface area contributed by atoms with Crippen LogP contribution in [0, 0.1) is 5.41 Å². The van der Waals surface area contributed by atoms with Crippen molar-refractivity contribution < 1.29 is 14.3 Å². The van der Waals surface area contributed by atoms with Crippen LogP contribution in [0.2, 0.25) is 10.0 Å². The smallest absolute Gasteiger partial charge is 0.171 e. The predicted molar refractivity (Wildman–Crippen MR) is 88.3 cm³/mol. The number of carbonyl (C=O) groups excluding carboxylic acids is 2. The molecule has 0 bridgehead atoms. The zero-order valence-electron chi connectivity index (χ0n) is 13.1. The molecule has 1 aromatic rings. The van der Waals surface area contributed by atoms with Gasteiger partial charge in [0.05, 0.1) is 12.1 Å². The lowest BCUT2D eigenvalue weighted by Crippen LogP contribution is -2.28. The Bertz CT molecular complexity index is 625. The number of benzene rings is 1. The highest BCUT2D eigenvalue weighted by molar-refractivity contribution is 6.45. The van der Waals surface area contributed by atoms with Crippen molar-refractivity contribution in [3.8, 4) is 5.75 Å². The number of hydrogen-bond acceptors (Lipinski definition) is 3. The van der Waals surface area contributed by atoms with Gasteiger partial charge >= 0.3 is 0 Å². The molecule has 2 rings (SSSR count). The lowest BCUT2D eigenvalue weighted by atomic mass is 9.75. The van der Waals surface area contributed by atoms with E-state index in [0.717, 1.165) is 18.4 Å². The van der Waals surface area contributed by atoms with Crippen molar-refractivity contribution in [2.75, 3.05) is 7.11 Å². The van der Waals surface area contributed by atoms with E-state index in [1.807, 2.05) is 6.92 Å². The van der Waals surface area contributed by atoms with Crippen LogP contribution in [0.4, 0.5) is 0 Å². The summed E-state index contributed by atoms with van der Waals surface area (Å²) in [5.41, 5.74) is 0.833. The maximum absolute atomic E-state index is 13.0. The highest BCUT2D eigenvalue weighted by Gasteiger charge is 2.46. The van der Waals surface area contributed by atoms with E-state index in [1.165, 1.54) is 7.11 Å². The third-order valence-electron chi connectivity index (χ3n) is 4.40. The summed E-state index contributed by atoms with van der Waals surface area (Å²) in [4.78, 5) is 24.4. The lowest BCUT2D eigenvalue weighted by Gasteiger charge is -2.26. The summed E-state index contributed by atoms with van der Waals surface area (Å²) in [6, 6.07) is 1.80. The van der Waals surface area contributed by atoms with Gasteiger partial charge in [0.25, 0.3) is 0 Å². The van der Waals surface area contributed by atoms with Crippen LogP contribution in [-0.4, -0.2) is 18.7 Å². The molecule has 1 aliphatic rings. The number of methoxy groups -OCH3 is 1. The zero-order chi connectivity index (χ0) is 16.5. The number of hydrogen-bond donors (Lipinski definition) is 0. The lowest BCUT2D eigenvalue weighted by molar-refractivity contribution is -0.117. The van der Waals surface area contributed by atoms with Crippen LogP contribution in [0.1, 0.15) is 55.5 Å². The molecule has 1 aliphatic carbocycles. The Morgan fingerprint density at radius 1 is 1.32 bits per heavy atom. The number of Topliss-reactive ketones (excluding diaryl/α,β-unsaturated/α-hetero) is 2.